The second-order valence-electron chi connectivity index (χ2n) is 5.29. The van der Waals surface area contributed by atoms with E-state index in [0.717, 1.165) is 22.1 Å². The molecule has 1 aliphatic rings. The van der Waals surface area contributed by atoms with Gasteiger partial charge in [-0.2, -0.15) is 0 Å². The van der Waals surface area contributed by atoms with Crippen LogP contribution in [0.1, 0.15) is 29.3 Å². The lowest BCUT2D eigenvalue weighted by molar-refractivity contribution is -0.110. The van der Waals surface area contributed by atoms with Gasteiger partial charge < -0.3 is 10.1 Å². The fourth-order valence-corrected chi connectivity index (χ4v) is 2.68. The van der Waals surface area contributed by atoms with E-state index in [-0.39, 0.29) is 11.9 Å². The highest BCUT2D eigenvalue weighted by Gasteiger charge is 2.26. The van der Waals surface area contributed by atoms with Crippen LogP contribution in [0.4, 0.5) is 11.4 Å². The van der Waals surface area contributed by atoms with Gasteiger partial charge in [-0.05, 0) is 48.9 Å². The van der Waals surface area contributed by atoms with Crippen molar-refractivity contribution in [3.8, 4) is 0 Å². The van der Waals surface area contributed by atoms with Crippen LogP contribution in [0.5, 0.6) is 0 Å². The first kappa shape index (κ1) is 16.4. The fraction of sp³-hybridized carbons (Fsp3) is 0.167. The van der Waals surface area contributed by atoms with E-state index in [4.69, 9.17) is 4.74 Å². The van der Waals surface area contributed by atoms with Gasteiger partial charge in [0, 0.05) is 10.0 Å². The number of carbonyl (C=O) groups is 2. The first-order valence-electron chi connectivity index (χ1n) is 7.55. The Morgan fingerprint density at radius 3 is 2.67 bits per heavy atom. The van der Waals surface area contributed by atoms with Gasteiger partial charge in [0.25, 0.3) is 5.91 Å². The maximum Gasteiger partial charge on any atom is 0.338 e. The molecule has 0 bridgehead atoms. The zero-order chi connectivity index (χ0) is 17.1. The van der Waals surface area contributed by atoms with Crippen molar-refractivity contribution in [2.75, 3.05) is 11.9 Å². The lowest BCUT2D eigenvalue weighted by Crippen LogP contribution is -2.13. The van der Waals surface area contributed by atoms with Gasteiger partial charge in [0.1, 0.15) is 5.71 Å². The summed E-state index contributed by atoms with van der Waals surface area (Å²) in [4.78, 5) is 28.3. The molecule has 24 heavy (non-hydrogen) atoms. The zero-order valence-corrected chi connectivity index (χ0v) is 14.6. The summed E-state index contributed by atoms with van der Waals surface area (Å²) in [5, 5.41) is 2.78. The first-order chi connectivity index (χ1) is 11.6. The molecule has 2 aromatic carbocycles. The molecule has 6 heteroatoms. The monoisotopic (exact) mass is 386 g/mol. The number of benzene rings is 2. The minimum absolute atomic E-state index is 0.241. The number of esters is 1. The SMILES string of the molecule is CCCOC(=O)c1ccc(N=C2C(=O)Nc3ccc(Br)cc32)cc1. The van der Waals surface area contributed by atoms with Gasteiger partial charge in [0.15, 0.2) is 0 Å². The van der Waals surface area contributed by atoms with E-state index >= 15 is 0 Å². The van der Waals surface area contributed by atoms with Crippen LogP contribution in [0.15, 0.2) is 51.9 Å². The van der Waals surface area contributed by atoms with Crippen LogP contribution in [-0.4, -0.2) is 24.2 Å². The average Bonchev–Trinajstić information content (AvgIpc) is 2.88. The summed E-state index contributed by atoms with van der Waals surface area (Å²) < 4.78 is 5.96. The normalized spacial score (nSPS) is 14.4. The topological polar surface area (TPSA) is 67.8 Å². The molecule has 0 saturated carbocycles. The highest BCUT2D eigenvalue weighted by molar-refractivity contribution is 9.10. The van der Waals surface area contributed by atoms with Crippen LogP contribution in [0, 0.1) is 0 Å². The molecule has 5 nitrogen and oxygen atoms in total. The number of hydrogen-bond acceptors (Lipinski definition) is 4. The summed E-state index contributed by atoms with van der Waals surface area (Å²) in [6.45, 7) is 2.34. The van der Waals surface area contributed by atoms with Crippen molar-refractivity contribution in [1.29, 1.82) is 0 Å². The van der Waals surface area contributed by atoms with Crippen LogP contribution in [0.2, 0.25) is 0 Å². The summed E-state index contributed by atoms with van der Waals surface area (Å²) >= 11 is 3.40. The number of fused-ring (bicyclic) bond motifs is 1. The Morgan fingerprint density at radius 1 is 1.21 bits per heavy atom. The van der Waals surface area contributed by atoms with Gasteiger partial charge >= 0.3 is 5.97 Å². The Morgan fingerprint density at radius 2 is 1.96 bits per heavy atom. The highest BCUT2D eigenvalue weighted by atomic mass is 79.9. The van der Waals surface area contributed by atoms with Crippen LogP contribution >= 0.6 is 15.9 Å². The van der Waals surface area contributed by atoms with Crippen molar-refractivity contribution in [2.45, 2.75) is 13.3 Å². The third-order valence-electron chi connectivity index (χ3n) is 3.48. The third-order valence-corrected chi connectivity index (χ3v) is 3.97. The quantitative estimate of drug-likeness (QED) is 0.804. The number of halogens is 1. The number of carbonyl (C=O) groups excluding carboxylic acids is 2. The van der Waals surface area contributed by atoms with Gasteiger partial charge in [-0.1, -0.05) is 22.9 Å². The lowest BCUT2D eigenvalue weighted by Gasteiger charge is -2.03. The molecule has 122 valence electrons. The molecule has 2 aromatic rings. The predicted octanol–water partition coefficient (Wildman–Crippen LogP) is 4.09. The van der Waals surface area contributed by atoms with E-state index in [9.17, 15) is 9.59 Å². The Labute approximate surface area is 147 Å². The lowest BCUT2D eigenvalue weighted by atomic mass is 10.1. The number of ether oxygens (including phenoxy) is 1. The number of nitrogens with one attached hydrogen (secondary N) is 1. The molecule has 1 amide bonds. The van der Waals surface area contributed by atoms with Crippen LogP contribution in [-0.2, 0) is 9.53 Å². The molecule has 0 spiro atoms. The maximum absolute atomic E-state index is 12.1. The summed E-state index contributed by atoms with van der Waals surface area (Å²) in [5.41, 5.74) is 2.90. The first-order valence-corrected chi connectivity index (χ1v) is 8.35. The number of amides is 1. The van der Waals surface area contributed by atoms with Crippen LogP contribution in [0.25, 0.3) is 0 Å². The molecule has 0 aromatic heterocycles. The molecule has 0 atom stereocenters. The Kier molecular flexibility index (Phi) is 4.76. The summed E-state index contributed by atoms with van der Waals surface area (Å²) in [7, 11) is 0. The second-order valence-corrected chi connectivity index (χ2v) is 6.20. The predicted molar refractivity (Wildman–Crippen MR) is 96.0 cm³/mol. The molecular weight excluding hydrogens is 372 g/mol. The fourth-order valence-electron chi connectivity index (χ4n) is 2.32. The van der Waals surface area contributed by atoms with Gasteiger partial charge in [0.2, 0.25) is 0 Å². The van der Waals surface area contributed by atoms with E-state index < -0.39 is 0 Å². The Hall–Kier alpha value is -2.47. The number of nitrogens with zero attached hydrogens (tertiary/aromatic N) is 1. The van der Waals surface area contributed by atoms with Crippen LogP contribution < -0.4 is 5.32 Å². The minimum atomic E-state index is -0.357. The van der Waals surface area contributed by atoms with Crippen molar-refractivity contribution in [2.24, 2.45) is 4.99 Å². The highest BCUT2D eigenvalue weighted by Crippen LogP contribution is 2.28. The molecule has 0 radical (unpaired) electrons. The Balaban J connectivity index is 1.86. The molecule has 3 rings (SSSR count). The minimum Gasteiger partial charge on any atom is -0.462 e. The molecule has 0 saturated heterocycles. The second kappa shape index (κ2) is 6.97. The Bertz CT molecular complexity index is 829. The van der Waals surface area contributed by atoms with E-state index in [1.807, 2.05) is 25.1 Å². The summed E-state index contributed by atoms with van der Waals surface area (Å²) in [5.74, 6) is -0.599. The van der Waals surface area contributed by atoms with Gasteiger partial charge in [-0.15, -0.1) is 0 Å². The molecule has 0 fully saturated rings. The van der Waals surface area contributed by atoms with Crippen molar-refractivity contribution >= 4 is 44.9 Å². The van der Waals surface area contributed by atoms with Crippen molar-refractivity contribution in [3.63, 3.8) is 0 Å². The van der Waals surface area contributed by atoms with E-state index in [2.05, 4.69) is 26.2 Å². The number of aliphatic imine (C=N–C) groups is 1. The van der Waals surface area contributed by atoms with E-state index in [0.29, 0.717) is 23.6 Å². The summed E-state index contributed by atoms with van der Waals surface area (Å²) in [6, 6.07) is 12.2. The smallest absolute Gasteiger partial charge is 0.338 e. The van der Waals surface area contributed by atoms with Crippen molar-refractivity contribution in [3.05, 3.63) is 58.1 Å². The standard InChI is InChI=1S/C18H15BrN2O3/c1-2-9-24-18(23)11-3-6-13(7-4-11)20-16-14-10-12(19)5-8-15(14)21-17(16)22/h3-8,10H,2,9H2,1H3,(H,20,21,22). The van der Waals surface area contributed by atoms with Crippen molar-refractivity contribution < 1.29 is 14.3 Å². The molecule has 0 aliphatic carbocycles. The van der Waals surface area contributed by atoms with Crippen molar-refractivity contribution in [1.82, 2.24) is 0 Å². The van der Waals surface area contributed by atoms with Gasteiger partial charge in [0.05, 0.1) is 23.5 Å². The molecular formula is C18H15BrN2O3. The number of anilines is 1. The maximum atomic E-state index is 12.1. The summed E-state index contributed by atoms with van der Waals surface area (Å²) in [6.07, 6.45) is 0.779. The zero-order valence-electron chi connectivity index (χ0n) is 13.0. The molecule has 0 unspecified atom stereocenters. The molecule has 1 N–H and O–H groups in total. The average molecular weight is 387 g/mol. The van der Waals surface area contributed by atoms with Gasteiger partial charge in [-0.25, -0.2) is 9.79 Å². The van der Waals surface area contributed by atoms with Crippen LogP contribution in [0.3, 0.4) is 0 Å². The number of hydrogen-bond donors (Lipinski definition) is 1. The largest absolute Gasteiger partial charge is 0.462 e. The van der Waals surface area contributed by atoms with E-state index in [1.54, 1.807) is 24.3 Å². The molecule has 1 heterocycles. The number of rotatable bonds is 4. The third kappa shape index (κ3) is 3.38. The van der Waals surface area contributed by atoms with Gasteiger partial charge in [-0.3, -0.25) is 4.79 Å². The van der Waals surface area contributed by atoms with E-state index in [1.165, 1.54) is 0 Å². The molecule has 1 aliphatic heterocycles.